The van der Waals surface area contributed by atoms with Crippen molar-refractivity contribution in [3.8, 4) is 0 Å². The summed E-state index contributed by atoms with van der Waals surface area (Å²) in [6.07, 6.45) is 7.96. The Kier molecular flexibility index (Phi) is 7.42. The molecule has 0 aliphatic heterocycles. The lowest BCUT2D eigenvalue weighted by atomic mass is 10.0. The van der Waals surface area contributed by atoms with Gasteiger partial charge >= 0.3 is 0 Å². The topological polar surface area (TPSA) is 6.48 Å². The van der Waals surface area contributed by atoms with Crippen LogP contribution in [0.2, 0.25) is 0 Å². The van der Waals surface area contributed by atoms with E-state index in [0.717, 1.165) is 28.4 Å². The number of benzene rings is 4. The maximum atomic E-state index is 3.78. The number of anilines is 5. The van der Waals surface area contributed by atoms with Crippen LogP contribution in [0.3, 0.4) is 0 Å². The molecule has 0 unspecified atom stereocenters. The highest BCUT2D eigenvalue weighted by Crippen LogP contribution is 2.36. The zero-order chi connectivity index (χ0) is 23.8. The molecule has 2 nitrogen and oxygen atoms in total. The van der Waals surface area contributed by atoms with E-state index in [9.17, 15) is 0 Å². The van der Waals surface area contributed by atoms with Crippen LogP contribution in [-0.2, 0) is 0 Å². The summed E-state index contributed by atoms with van der Waals surface area (Å²) in [6.45, 7) is 5.83. The minimum atomic E-state index is 1.11. The minimum Gasteiger partial charge on any atom is -0.345 e. The molecule has 4 aromatic carbocycles. The summed E-state index contributed by atoms with van der Waals surface area (Å²) < 4.78 is 0. The van der Waals surface area contributed by atoms with Crippen LogP contribution in [0.1, 0.15) is 12.5 Å². The Labute approximate surface area is 203 Å². The fourth-order valence-corrected chi connectivity index (χ4v) is 3.98. The van der Waals surface area contributed by atoms with Crippen molar-refractivity contribution in [3.05, 3.63) is 146 Å². The van der Waals surface area contributed by atoms with Crippen molar-refractivity contribution in [1.29, 1.82) is 0 Å². The minimum absolute atomic E-state index is 1.11. The average Bonchev–Trinajstić information content (AvgIpc) is 2.91. The van der Waals surface area contributed by atoms with Gasteiger partial charge in [-0.2, -0.15) is 0 Å². The lowest BCUT2D eigenvalue weighted by Gasteiger charge is -2.27. The summed E-state index contributed by atoms with van der Waals surface area (Å²) in [6, 6.07) is 38.3. The van der Waals surface area contributed by atoms with Gasteiger partial charge in [0.2, 0.25) is 0 Å². The van der Waals surface area contributed by atoms with Gasteiger partial charge in [-0.25, -0.2) is 0 Å². The number of nitrogens with zero attached hydrogens (tertiary/aromatic N) is 2. The summed E-state index contributed by atoms with van der Waals surface area (Å²) in [5.74, 6) is 0. The van der Waals surface area contributed by atoms with Crippen LogP contribution < -0.4 is 9.80 Å². The zero-order valence-electron chi connectivity index (χ0n) is 19.8. The van der Waals surface area contributed by atoms with Gasteiger partial charge in [0.25, 0.3) is 0 Å². The molecule has 0 spiro atoms. The van der Waals surface area contributed by atoms with Gasteiger partial charge in [-0.05, 0) is 78.7 Å². The molecule has 0 aliphatic carbocycles. The molecule has 0 amide bonds. The van der Waals surface area contributed by atoms with Crippen molar-refractivity contribution >= 4 is 34.0 Å². The molecular formula is C32H30N2. The normalized spacial score (nSPS) is 11.4. The third-order valence-corrected chi connectivity index (χ3v) is 5.83. The molecule has 0 N–H and O–H groups in total. The number of hydrogen-bond acceptors (Lipinski definition) is 2. The van der Waals surface area contributed by atoms with Crippen LogP contribution in [0.4, 0.5) is 28.4 Å². The van der Waals surface area contributed by atoms with Crippen molar-refractivity contribution in [1.82, 2.24) is 0 Å². The number of rotatable bonds is 8. The largest absolute Gasteiger partial charge is 0.345 e. The van der Waals surface area contributed by atoms with E-state index in [1.165, 1.54) is 11.1 Å². The molecule has 0 aromatic heterocycles. The van der Waals surface area contributed by atoms with Crippen molar-refractivity contribution in [2.75, 3.05) is 16.8 Å². The Morgan fingerprint density at radius 1 is 0.618 bits per heavy atom. The van der Waals surface area contributed by atoms with Gasteiger partial charge < -0.3 is 9.80 Å². The summed E-state index contributed by atoms with van der Waals surface area (Å²) in [5, 5.41) is 0. The van der Waals surface area contributed by atoms with Crippen molar-refractivity contribution in [3.63, 3.8) is 0 Å². The second-order valence-corrected chi connectivity index (χ2v) is 7.97. The number of para-hydroxylation sites is 2. The number of hydrogen-bond donors (Lipinski definition) is 0. The monoisotopic (exact) mass is 442 g/mol. The van der Waals surface area contributed by atoms with E-state index in [2.05, 4.69) is 140 Å². The summed E-state index contributed by atoms with van der Waals surface area (Å²) >= 11 is 0. The molecule has 0 heterocycles. The van der Waals surface area contributed by atoms with Crippen LogP contribution in [0.5, 0.6) is 0 Å². The molecule has 168 valence electrons. The third kappa shape index (κ3) is 5.19. The fourth-order valence-electron chi connectivity index (χ4n) is 3.98. The Balaban J connectivity index is 1.68. The van der Waals surface area contributed by atoms with Crippen LogP contribution in [0, 0.1) is 0 Å². The second kappa shape index (κ2) is 11.0. The molecule has 4 aromatic rings. The van der Waals surface area contributed by atoms with Crippen LogP contribution in [0.25, 0.3) is 5.57 Å². The molecular weight excluding hydrogens is 412 g/mol. The Morgan fingerprint density at radius 2 is 1.06 bits per heavy atom. The van der Waals surface area contributed by atoms with Crippen molar-refractivity contribution in [2.24, 2.45) is 0 Å². The summed E-state index contributed by atoms with van der Waals surface area (Å²) in [7, 11) is 2.09. The SMILES string of the molecule is C=C/C=C\C(=C/C)c1ccc(N(c2ccccc2)c2ccc(N(C)c3ccccc3)cc2)cc1. The van der Waals surface area contributed by atoms with E-state index in [0.29, 0.717) is 0 Å². The van der Waals surface area contributed by atoms with Gasteiger partial charge in [-0.3, -0.25) is 0 Å². The lowest BCUT2D eigenvalue weighted by molar-refractivity contribution is 1.20. The Hall–Kier alpha value is -4.30. The first kappa shape index (κ1) is 22.9. The maximum Gasteiger partial charge on any atom is 0.0463 e. The second-order valence-electron chi connectivity index (χ2n) is 7.97. The molecule has 0 atom stereocenters. The highest BCUT2D eigenvalue weighted by molar-refractivity contribution is 5.80. The van der Waals surface area contributed by atoms with E-state index >= 15 is 0 Å². The van der Waals surface area contributed by atoms with Gasteiger partial charge in [0.05, 0.1) is 0 Å². The summed E-state index contributed by atoms with van der Waals surface area (Å²) in [4.78, 5) is 4.48. The quantitative estimate of drug-likeness (QED) is 0.251. The van der Waals surface area contributed by atoms with Gasteiger partial charge in [0.15, 0.2) is 0 Å². The van der Waals surface area contributed by atoms with Gasteiger partial charge in [-0.1, -0.05) is 79.4 Å². The standard InChI is InChI=1S/C32H30N2/c1-4-6-13-26(5-2)27-18-20-31(21-19-27)34(30-16-11-8-12-17-30)32-24-22-29(23-25-32)33(3)28-14-9-7-10-15-28/h4-25H,1H2,2-3H3/b13-6-,26-5+. The van der Waals surface area contributed by atoms with Crippen molar-refractivity contribution < 1.29 is 0 Å². The molecule has 4 rings (SSSR count). The molecule has 34 heavy (non-hydrogen) atoms. The fraction of sp³-hybridized carbons (Fsp3) is 0.0625. The Bertz CT molecular complexity index is 1250. The smallest absolute Gasteiger partial charge is 0.0463 e. The van der Waals surface area contributed by atoms with Gasteiger partial charge in [0, 0.05) is 35.5 Å². The predicted octanol–water partition coefficient (Wildman–Crippen LogP) is 9.07. The predicted molar refractivity (Wildman–Crippen MR) is 149 cm³/mol. The van der Waals surface area contributed by atoms with E-state index < -0.39 is 0 Å². The highest BCUT2D eigenvalue weighted by atomic mass is 15.1. The number of allylic oxidation sites excluding steroid dienone is 5. The van der Waals surface area contributed by atoms with Crippen LogP contribution in [0.15, 0.2) is 140 Å². The third-order valence-electron chi connectivity index (χ3n) is 5.83. The molecule has 2 heteroatoms. The van der Waals surface area contributed by atoms with Crippen LogP contribution in [-0.4, -0.2) is 7.05 Å². The Morgan fingerprint density at radius 3 is 1.59 bits per heavy atom. The van der Waals surface area contributed by atoms with Gasteiger partial charge in [0.1, 0.15) is 0 Å². The first-order valence-corrected chi connectivity index (χ1v) is 11.5. The lowest BCUT2D eigenvalue weighted by Crippen LogP contribution is -2.11. The van der Waals surface area contributed by atoms with Gasteiger partial charge in [-0.15, -0.1) is 0 Å². The van der Waals surface area contributed by atoms with E-state index in [-0.39, 0.29) is 0 Å². The molecule has 0 saturated heterocycles. The van der Waals surface area contributed by atoms with E-state index in [4.69, 9.17) is 0 Å². The molecule has 0 saturated carbocycles. The molecule has 0 bridgehead atoms. The van der Waals surface area contributed by atoms with E-state index in [1.54, 1.807) is 6.08 Å². The first-order chi connectivity index (χ1) is 16.7. The van der Waals surface area contributed by atoms with Crippen LogP contribution >= 0.6 is 0 Å². The highest BCUT2D eigenvalue weighted by Gasteiger charge is 2.13. The first-order valence-electron chi connectivity index (χ1n) is 11.5. The molecule has 0 aliphatic rings. The maximum absolute atomic E-state index is 3.78. The van der Waals surface area contributed by atoms with Crippen molar-refractivity contribution in [2.45, 2.75) is 6.92 Å². The molecule has 0 radical (unpaired) electrons. The zero-order valence-corrected chi connectivity index (χ0v) is 19.8. The molecule has 0 fully saturated rings. The van der Waals surface area contributed by atoms with E-state index in [1.807, 2.05) is 18.2 Å². The average molecular weight is 443 g/mol. The summed E-state index contributed by atoms with van der Waals surface area (Å²) in [5.41, 5.74) is 8.01.